The minimum atomic E-state index is -0.875. The van der Waals surface area contributed by atoms with Crippen LogP contribution in [0.4, 0.5) is 0 Å². The Balaban J connectivity index is 0.00000338. The zero-order valence-corrected chi connectivity index (χ0v) is 17.5. The Hall–Kier alpha value is -1.01. The van der Waals surface area contributed by atoms with Crippen molar-refractivity contribution >= 4 is 29.9 Å². The van der Waals surface area contributed by atoms with Crippen LogP contribution in [0, 0.1) is 12.3 Å². The third-order valence-electron chi connectivity index (χ3n) is 5.24. The highest BCUT2D eigenvalue weighted by molar-refractivity contribution is 6.30. The van der Waals surface area contributed by atoms with Gasteiger partial charge < -0.3 is 20.5 Å². The first-order valence-electron chi connectivity index (χ1n) is 8.80. The maximum Gasteiger partial charge on any atom is 0.240 e. The number of aryl methyl sites for hydroxylation is 1. The van der Waals surface area contributed by atoms with Crippen molar-refractivity contribution in [3.05, 3.63) is 28.8 Å². The van der Waals surface area contributed by atoms with Gasteiger partial charge in [-0.3, -0.25) is 4.79 Å². The van der Waals surface area contributed by atoms with Gasteiger partial charge in [0.25, 0.3) is 0 Å². The van der Waals surface area contributed by atoms with Crippen LogP contribution < -0.4 is 15.8 Å². The highest BCUT2D eigenvalue weighted by Gasteiger charge is 2.62. The fourth-order valence-corrected chi connectivity index (χ4v) is 3.44. The molecule has 1 aliphatic rings. The molecule has 1 fully saturated rings. The third-order valence-corrected chi connectivity index (χ3v) is 5.47. The molecule has 0 saturated heterocycles. The molecular weight excluding hydrogens is 375 g/mol. The summed E-state index contributed by atoms with van der Waals surface area (Å²) in [6.45, 7) is 9.56. The zero-order valence-electron chi connectivity index (χ0n) is 15.9. The minimum Gasteiger partial charge on any atom is -0.493 e. The van der Waals surface area contributed by atoms with Crippen LogP contribution in [0.3, 0.4) is 0 Å². The molecular formula is C19H30Cl2N2O3. The number of nitrogens with one attached hydrogen (secondary N) is 1. The Morgan fingerprint density at radius 2 is 2.12 bits per heavy atom. The molecule has 148 valence electrons. The van der Waals surface area contributed by atoms with Crippen molar-refractivity contribution in [3.8, 4) is 5.75 Å². The molecule has 0 heterocycles. The normalized spacial score (nSPS) is 23.5. The van der Waals surface area contributed by atoms with Gasteiger partial charge in [0.1, 0.15) is 11.3 Å². The maximum absolute atomic E-state index is 12.5. The fraction of sp³-hybridized carbons (Fsp3) is 0.632. The van der Waals surface area contributed by atoms with Crippen LogP contribution in [-0.2, 0) is 9.53 Å². The predicted octanol–water partition coefficient (Wildman–Crippen LogP) is 3.49. The summed E-state index contributed by atoms with van der Waals surface area (Å²) in [4.78, 5) is 12.5. The topological polar surface area (TPSA) is 73.6 Å². The van der Waals surface area contributed by atoms with E-state index in [-0.39, 0.29) is 29.8 Å². The SMILES string of the molecule is CCOC1CC(N)(C(=O)NCCCOc2ccc(Cl)cc2C)C1(C)C.Cl. The lowest BCUT2D eigenvalue weighted by Gasteiger charge is -2.57. The van der Waals surface area contributed by atoms with Crippen molar-refractivity contribution in [3.63, 3.8) is 0 Å². The third kappa shape index (κ3) is 4.63. The number of nitrogens with two attached hydrogens (primary N) is 1. The van der Waals surface area contributed by atoms with Crippen LogP contribution in [0.5, 0.6) is 5.75 Å². The molecule has 7 heteroatoms. The molecule has 0 spiro atoms. The van der Waals surface area contributed by atoms with Crippen molar-refractivity contribution in [2.45, 2.75) is 52.2 Å². The summed E-state index contributed by atoms with van der Waals surface area (Å²) in [5, 5.41) is 3.63. The van der Waals surface area contributed by atoms with Gasteiger partial charge >= 0.3 is 0 Å². The standard InChI is InChI=1S/C19H29ClN2O3.ClH/c1-5-24-16-12-19(21,18(16,3)4)17(23)22-9-6-10-25-15-8-7-14(20)11-13(15)2;/h7-8,11,16H,5-6,9-10,12,21H2,1-4H3,(H,22,23);1H. The first kappa shape index (κ1) is 23.0. The molecule has 1 saturated carbocycles. The maximum atomic E-state index is 12.5. The first-order valence-corrected chi connectivity index (χ1v) is 9.18. The molecule has 0 bridgehead atoms. The molecule has 0 aromatic heterocycles. The van der Waals surface area contributed by atoms with E-state index in [0.29, 0.717) is 37.6 Å². The average Bonchev–Trinajstić information content (AvgIpc) is 2.55. The number of carbonyl (C=O) groups excluding carboxylic acids is 1. The van der Waals surface area contributed by atoms with Crippen molar-refractivity contribution in [2.75, 3.05) is 19.8 Å². The molecule has 1 amide bonds. The van der Waals surface area contributed by atoms with Crippen LogP contribution in [-0.4, -0.2) is 37.3 Å². The van der Waals surface area contributed by atoms with Gasteiger partial charge in [0.05, 0.1) is 12.7 Å². The van der Waals surface area contributed by atoms with Crippen molar-refractivity contribution < 1.29 is 14.3 Å². The lowest BCUT2D eigenvalue weighted by atomic mass is 9.54. The largest absolute Gasteiger partial charge is 0.493 e. The predicted molar refractivity (Wildman–Crippen MR) is 107 cm³/mol. The Kier molecular flexibility index (Phi) is 8.21. The van der Waals surface area contributed by atoms with Gasteiger partial charge in [0.2, 0.25) is 5.91 Å². The number of hydrogen-bond acceptors (Lipinski definition) is 4. The number of hydrogen-bond donors (Lipinski definition) is 2. The van der Waals surface area contributed by atoms with Crippen LogP contribution in [0.2, 0.25) is 5.02 Å². The van der Waals surface area contributed by atoms with E-state index in [0.717, 1.165) is 11.3 Å². The molecule has 2 rings (SSSR count). The quantitative estimate of drug-likeness (QED) is 0.650. The van der Waals surface area contributed by atoms with Gasteiger partial charge in [-0.1, -0.05) is 25.4 Å². The Labute approximate surface area is 167 Å². The molecule has 26 heavy (non-hydrogen) atoms. The van der Waals surface area contributed by atoms with Crippen LogP contribution in [0.1, 0.15) is 39.2 Å². The Morgan fingerprint density at radius 3 is 2.69 bits per heavy atom. The second kappa shape index (κ2) is 9.27. The lowest BCUT2D eigenvalue weighted by Crippen LogP contribution is -2.75. The monoisotopic (exact) mass is 404 g/mol. The Bertz CT molecular complexity index is 625. The molecule has 3 N–H and O–H groups in total. The summed E-state index contributed by atoms with van der Waals surface area (Å²) < 4.78 is 11.4. The molecule has 2 unspecified atom stereocenters. The summed E-state index contributed by atoms with van der Waals surface area (Å²) in [6.07, 6.45) is 1.30. The summed E-state index contributed by atoms with van der Waals surface area (Å²) in [5.74, 6) is 0.696. The summed E-state index contributed by atoms with van der Waals surface area (Å²) in [6, 6.07) is 5.53. The number of halogens is 2. The van der Waals surface area contributed by atoms with E-state index in [1.807, 2.05) is 39.8 Å². The van der Waals surface area contributed by atoms with Crippen molar-refractivity contribution in [2.24, 2.45) is 11.1 Å². The molecule has 0 radical (unpaired) electrons. The van der Waals surface area contributed by atoms with Gasteiger partial charge in [-0.15, -0.1) is 12.4 Å². The van der Waals surface area contributed by atoms with E-state index in [9.17, 15) is 4.79 Å². The van der Waals surface area contributed by atoms with E-state index in [2.05, 4.69) is 5.32 Å². The van der Waals surface area contributed by atoms with Crippen LogP contribution in [0.25, 0.3) is 0 Å². The second-order valence-electron chi connectivity index (χ2n) is 7.21. The van der Waals surface area contributed by atoms with Gasteiger partial charge in [-0.05, 0) is 44.0 Å². The van der Waals surface area contributed by atoms with Gasteiger partial charge in [0.15, 0.2) is 0 Å². The highest BCUT2D eigenvalue weighted by atomic mass is 35.5. The van der Waals surface area contributed by atoms with E-state index in [1.54, 1.807) is 6.07 Å². The van der Waals surface area contributed by atoms with Crippen molar-refractivity contribution in [1.29, 1.82) is 0 Å². The zero-order chi connectivity index (χ0) is 18.7. The summed E-state index contributed by atoms with van der Waals surface area (Å²) >= 11 is 5.93. The fourth-order valence-electron chi connectivity index (χ4n) is 3.21. The molecule has 1 aromatic carbocycles. The van der Waals surface area contributed by atoms with E-state index >= 15 is 0 Å². The smallest absolute Gasteiger partial charge is 0.240 e. The van der Waals surface area contributed by atoms with Crippen LogP contribution >= 0.6 is 24.0 Å². The van der Waals surface area contributed by atoms with Gasteiger partial charge in [0, 0.05) is 30.0 Å². The number of amides is 1. The number of carbonyl (C=O) groups is 1. The molecule has 5 nitrogen and oxygen atoms in total. The second-order valence-corrected chi connectivity index (χ2v) is 7.65. The molecule has 1 aromatic rings. The molecule has 2 atom stereocenters. The summed E-state index contributed by atoms with van der Waals surface area (Å²) in [5.41, 5.74) is 6.10. The minimum absolute atomic E-state index is 0. The highest BCUT2D eigenvalue weighted by Crippen LogP contribution is 2.49. The molecule has 0 aliphatic heterocycles. The van der Waals surface area contributed by atoms with Crippen LogP contribution in [0.15, 0.2) is 18.2 Å². The number of rotatable bonds is 8. The van der Waals surface area contributed by atoms with E-state index in [4.69, 9.17) is 26.8 Å². The first-order chi connectivity index (χ1) is 11.7. The lowest BCUT2D eigenvalue weighted by molar-refractivity contribution is -0.170. The average molecular weight is 405 g/mol. The number of ether oxygens (including phenoxy) is 2. The van der Waals surface area contributed by atoms with Gasteiger partial charge in [-0.25, -0.2) is 0 Å². The molecule has 1 aliphatic carbocycles. The van der Waals surface area contributed by atoms with Crippen molar-refractivity contribution in [1.82, 2.24) is 5.32 Å². The summed E-state index contributed by atoms with van der Waals surface area (Å²) in [7, 11) is 0. The Morgan fingerprint density at radius 1 is 1.42 bits per heavy atom. The van der Waals surface area contributed by atoms with Gasteiger partial charge in [-0.2, -0.15) is 0 Å². The number of benzene rings is 1. The van der Waals surface area contributed by atoms with E-state index in [1.165, 1.54) is 0 Å². The van der Waals surface area contributed by atoms with E-state index < -0.39 is 5.54 Å².